The van der Waals surface area contributed by atoms with E-state index in [0.717, 1.165) is 0 Å². The van der Waals surface area contributed by atoms with E-state index in [4.69, 9.17) is 27.9 Å². The zero-order valence-corrected chi connectivity index (χ0v) is 10.5. The number of halogens is 5. The van der Waals surface area contributed by atoms with Gasteiger partial charge in [-0.05, 0) is 24.1 Å². The Balaban J connectivity index is 2.69. The molecule has 0 N–H and O–H groups in total. The molecule has 96 valence electrons. The zero-order chi connectivity index (χ0) is 13.1. The lowest BCUT2D eigenvalue weighted by Crippen LogP contribution is -2.08. The molecule has 0 fully saturated rings. The molecule has 1 unspecified atom stereocenters. The molecule has 0 saturated carbocycles. The van der Waals surface area contributed by atoms with Gasteiger partial charge < -0.3 is 4.74 Å². The number of methoxy groups -OCH3 is 1. The van der Waals surface area contributed by atoms with Gasteiger partial charge in [-0.15, -0.1) is 11.6 Å². The summed E-state index contributed by atoms with van der Waals surface area (Å²) in [4.78, 5) is 0. The maximum atomic E-state index is 12.0. The second-order valence-electron chi connectivity index (χ2n) is 3.52. The average molecular weight is 287 g/mol. The lowest BCUT2D eigenvalue weighted by atomic mass is 10.1. The molecule has 6 heteroatoms. The minimum Gasteiger partial charge on any atom is -0.495 e. The highest BCUT2D eigenvalue weighted by molar-refractivity contribution is 6.32. The number of hydrogen-bond acceptors (Lipinski definition) is 1. The Hall–Kier alpha value is -0.610. The predicted molar refractivity (Wildman–Crippen MR) is 61.9 cm³/mol. The highest BCUT2D eigenvalue weighted by Gasteiger charge is 2.28. The minimum atomic E-state index is -4.19. The van der Waals surface area contributed by atoms with Crippen LogP contribution in [0.15, 0.2) is 18.2 Å². The van der Waals surface area contributed by atoms with Crippen LogP contribution in [0, 0.1) is 0 Å². The third-order valence-corrected chi connectivity index (χ3v) is 2.98. The number of ether oxygens (including phenoxy) is 1. The van der Waals surface area contributed by atoms with E-state index < -0.39 is 18.0 Å². The van der Waals surface area contributed by atoms with Gasteiger partial charge in [0.15, 0.2) is 0 Å². The molecule has 0 aliphatic carbocycles. The van der Waals surface area contributed by atoms with Gasteiger partial charge in [0.1, 0.15) is 5.75 Å². The van der Waals surface area contributed by atoms with Crippen molar-refractivity contribution in [3.63, 3.8) is 0 Å². The molecule has 1 nitrogen and oxygen atoms in total. The van der Waals surface area contributed by atoms with Crippen molar-refractivity contribution in [3.8, 4) is 5.75 Å². The smallest absolute Gasteiger partial charge is 0.389 e. The standard InChI is InChI=1S/C11H11Cl2F3O/c1-17-10-3-2-7(6-9(10)13)8(12)4-5-11(14,15)16/h2-3,6,8H,4-5H2,1H3. The van der Waals surface area contributed by atoms with E-state index in [9.17, 15) is 13.2 Å². The molecule has 0 spiro atoms. The number of alkyl halides is 4. The van der Waals surface area contributed by atoms with E-state index in [1.807, 2.05) is 0 Å². The molecule has 1 rings (SSSR count). The van der Waals surface area contributed by atoms with Crippen molar-refractivity contribution in [2.45, 2.75) is 24.4 Å². The van der Waals surface area contributed by atoms with Crippen molar-refractivity contribution < 1.29 is 17.9 Å². The first kappa shape index (κ1) is 14.5. The van der Waals surface area contributed by atoms with Gasteiger partial charge in [0.2, 0.25) is 0 Å². The van der Waals surface area contributed by atoms with E-state index >= 15 is 0 Å². The summed E-state index contributed by atoms with van der Waals surface area (Å²) in [7, 11) is 1.46. The molecule has 17 heavy (non-hydrogen) atoms. The van der Waals surface area contributed by atoms with Crippen LogP contribution in [-0.2, 0) is 0 Å². The molecule has 0 aliphatic rings. The Morgan fingerprint density at radius 1 is 1.35 bits per heavy atom. The van der Waals surface area contributed by atoms with Crippen LogP contribution in [-0.4, -0.2) is 13.3 Å². The van der Waals surface area contributed by atoms with E-state index in [1.54, 1.807) is 12.1 Å². The molecular weight excluding hydrogens is 276 g/mol. The average Bonchev–Trinajstić information content (AvgIpc) is 2.24. The summed E-state index contributed by atoms with van der Waals surface area (Å²) in [5.74, 6) is 0.468. The van der Waals surface area contributed by atoms with Gasteiger partial charge in [0.25, 0.3) is 0 Å². The molecule has 1 atom stereocenters. The fourth-order valence-corrected chi connectivity index (χ4v) is 1.85. The summed E-state index contributed by atoms with van der Waals surface area (Å²) in [5.41, 5.74) is 0.557. The normalized spacial score (nSPS) is 13.5. The highest BCUT2D eigenvalue weighted by atomic mass is 35.5. The van der Waals surface area contributed by atoms with Crippen molar-refractivity contribution in [2.75, 3.05) is 7.11 Å². The highest BCUT2D eigenvalue weighted by Crippen LogP contribution is 2.34. The fourth-order valence-electron chi connectivity index (χ4n) is 1.33. The number of benzene rings is 1. The first-order valence-electron chi connectivity index (χ1n) is 4.88. The second-order valence-corrected chi connectivity index (χ2v) is 4.45. The summed E-state index contributed by atoms with van der Waals surface area (Å²) >= 11 is 11.7. The minimum absolute atomic E-state index is 0.173. The molecule has 0 saturated heterocycles. The number of rotatable bonds is 4. The molecular formula is C11H11Cl2F3O. The molecule has 1 aromatic rings. The summed E-state index contributed by atoms with van der Waals surface area (Å²) < 4.78 is 41.0. The summed E-state index contributed by atoms with van der Waals surface area (Å²) in [6.45, 7) is 0. The van der Waals surface area contributed by atoms with E-state index in [0.29, 0.717) is 16.3 Å². The van der Waals surface area contributed by atoms with Crippen molar-refractivity contribution in [2.24, 2.45) is 0 Å². The second kappa shape index (κ2) is 5.83. The van der Waals surface area contributed by atoms with Gasteiger partial charge in [-0.25, -0.2) is 0 Å². The third-order valence-electron chi connectivity index (χ3n) is 2.22. The van der Waals surface area contributed by atoms with E-state index in [2.05, 4.69) is 0 Å². The molecule has 0 radical (unpaired) electrons. The Morgan fingerprint density at radius 3 is 2.47 bits per heavy atom. The Bertz CT molecular complexity index is 379. The summed E-state index contributed by atoms with van der Waals surface area (Å²) in [5, 5.41) is -0.373. The van der Waals surface area contributed by atoms with Gasteiger partial charge >= 0.3 is 6.18 Å². The molecule has 0 amide bonds. The molecule has 1 aromatic carbocycles. The molecule has 0 heterocycles. The monoisotopic (exact) mass is 286 g/mol. The topological polar surface area (TPSA) is 9.23 Å². The van der Waals surface area contributed by atoms with Crippen LogP contribution in [0.1, 0.15) is 23.8 Å². The SMILES string of the molecule is COc1ccc(C(Cl)CCC(F)(F)F)cc1Cl. The maximum Gasteiger partial charge on any atom is 0.389 e. The molecule has 0 aromatic heterocycles. The van der Waals surface area contributed by atoms with E-state index in [1.165, 1.54) is 13.2 Å². The van der Waals surface area contributed by atoms with Crippen LogP contribution in [0.5, 0.6) is 5.75 Å². The van der Waals surface area contributed by atoms with Gasteiger partial charge in [0, 0.05) is 6.42 Å². The third kappa shape index (κ3) is 4.64. The van der Waals surface area contributed by atoms with E-state index in [-0.39, 0.29) is 6.42 Å². The molecule has 0 aliphatic heterocycles. The number of hydrogen-bond donors (Lipinski definition) is 0. The Kier molecular flexibility index (Phi) is 4.95. The maximum absolute atomic E-state index is 12.0. The fraction of sp³-hybridized carbons (Fsp3) is 0.455. The van der Waals surface area contributed by atoms with Crippen molar-refractivity contribution in [1.82, 2.24) is 0 Å². The van der Waals surface area contributed by atoms with Crippen LogP contribution in [0.25, 0.3) is 0 Å². The molecule has 0 bridgehead atoms. The predicted octanol–water partition coefficient (Wildman–Crippen LogP) is 4.97. The zero-order valence-electron chi connectivity index (χ0n) is 9.02. The Labute approximate surface area is 107 Å². The van der Waals surface area contributed by atoms with Crippen molar-refractivity contribution in [1.29, 1.82) is 0 Å². The van der Waals surface area contributed by atoms with Crippen LogP contribution >= 0.6 is 23.2 Å². The lowest BCUT2D eigenvalue weighted by Gasteiger charge is -2.13. The summed E-state index contributed by atoms with van der Waals surface area (Å²) in [6, 6.07) is 4.72. The first-order chi connectivity index (χ1) is 7.83. The van der Waals surface area contributed by atoms with Gasteiger partial charge in [-0.2, -0.15) is 13.2 Å². The first-order valence-corrected chi connectivity index (χ1v) is 5.69. The van der Waals surface area contributed by atoms with Crippen molar-refractivity contribution >= 4 is 23.2 Å². The van der Waals surface area contributed by atoms with Crippen molar-refractivity contribution in [3.05, 3.63) is 28.8 Å². The largest absolute Gasteiger partial charge is 0.495 e. The van der Waals surface area contributed by atoms with Crippen LogP contribution < -0.4 is 4.74 Å². The Morgan fingerprint density at radius 2 is 2.00 bits per heavy atom. The van der Waals surface area contributed by atoms with Gasteiger partial charge in [-0.3, -0.25) is 0 Å². The quantitative estimate of drug-likeness (QED) is 0.710. The van der Waals surface area contributed by atoms with Crippen LogP contribution in [0.2, 0.25) is 5.02 Å². The lowest BCUT2D eigenvalue weighted by molar-refractivity contribution is -0.135. The van der Waals surface area contributed by atoms with Gasteiger partial charge in [0.05, 0.1) is 17.5 Å². The van der Waals surface area contributed by atoms with Gasteiger partial charge in [-0.1, -0.05) is 17.7 Å². The van der Waals surface area contributed by atoms with Crippen LogP contribution in [0.4, 0.5) is 13.2 Å². The van der Waals surface area contributed by atoms with Crippen LogP contribution in [0.3, 0.4) is 0 Å². The summed E-state index contributed by atoms with van der Waals surface area (Å²) in [6.07, 6.45) is -5.28.